The molecule has 4 fully saturated rings. The highest BCUT2D eigenvalue weighted by atomic mass is 16.7. The summed E-state index contributed by atoms with van der Waals surface area (Å²) in [5, 5.41) is 111. The molecule has 24 atom stereocenters. The van der Waals surface area contributed by atoms with E-state index in [0.717, 1.165) is 25.7 Å². The van der Waals surface area contributed by atoms with Gasteiger partial charge in [-0.3, -0.25) is 14.4 Å². The number of ether oxygens (including phenoxy) is 12. The van der Waals surface area contributed by atoms with Crippen molar-refractivity contribution in [3.8, 4) is 17.2 Å². The van der Waals surface area contributed by atoms with Crippen LogP contribution < -0.4 is 4.74 Å². The summed E-state index contributed by atoms with van der Waals surface area (Å²) in [7, 11) is 1.19. The van der Waals surface area contributed by atoms with Crippen LogP contribution in [-0.4, -0.2) is 223 Å². The van der Waals surface area contributed by atoms with Crippen LogP contribution in [0.2, 0.25) is 0 Å². The Morgan fingerprint density at radius 3 is 2.02 bits per heavy atom. The lowest BCUT2D eigenvalue weighted by molar-refractivity contribution is -0.299. The molecule has 0 bridgehead atoms. The van der Waals surface area contributed by atoms with Crippen molar-refractivity contribution in [2.75, 3.05) is 13.7 Å². The van der Waals surface area contributed by atoms with Gasteiger partial charge in [0.05, 0.1) is 78.1 Å². The van der Waals surface area contributed by atoms with E-state index in [1.165, 1.54) is 52.9 Å². The minimum Gasteiger partial charge on any atom is -0.507 e. The molecule has 0 saturated carbocycles. The van der Waals surface area contributed by atoms with Gasteiger partial charge in [-0.1, -0.05) is 52.4 Å². The average molecular weight is 1260 g/mol. The predicted octanol–water partition coefficient (Wildman–Crippen LogP) is 4.08. The molecule has 88 heavy (non-hydrogen) atoms. The largest absolute Gasteiger partial charge is 0.507 e. The zero-order valence-electron chi connectivity index (χ0n) is 52.6. The van der Waals surface area contributed by atoms with E-state index in [4.69, 9.17) is 56.8 Å². The quantitative estimate of drug-likeness (QED) is 0.0312. The second-order valence-corrected chi connectivity index (χ2v) is 25.0. The number of aliphatic hydroxyl groups excluding tert-OH is 7. The fraction of sp³-hybridized carbons (Fsp3) is 0.794. The molecule has 4 saturated heterocycles. The maximum Gasteiger partial charge on any atom is 0.306 e. The van der Waals surface area contributed by atoms with Gasteiger partial charge in [-0.15, -0.1) is 0 Å². The van der Waals surface area contributed by atoms with Crippen molar-refractivity contribution in [3.63, 3.8) is 0 Å². The summed E-state index contributed by atoms with van der Waals surface area (Å²) in [5.74, 6) is -4.49. The molecule has 25 nitrogen and oxygen atoms in total. The van der Waals surface area contributed by atoms with Gasteiger partial charge in [0.1, 0.15) is 60.0 Å². The first-order valence-corrected chi connectivity index (χ1v) is 31.4. The number of fused-ring (bicyclic) bond motifs is 2. The number of hydrogen-bond acceptors (Lipinski definition) is 25. The molecule has 1 aliphatic carbocycles. The van der Waals surface area contributed by atoms with Crippen LogP contribution in [-0.2, 0) is 68.1 Å². The Morgan fingerprint density at radius 2 is 1.39 bits per heavy atom. The third-order valence-electron chi connectivity index (χ3n) is 17.8. The highest BCUT2D eigenvalue weighted by Crippen LogP contribution is 2.47. The number of benzene rings is 2. The molecule has 5 unspecified atom stereocenters. The monoisotopic (exact) mass is 1250 g/mol. The summed E-state index contributed by atoms with van der Waals surface area (Å²) >= 11 is 0. The minimum absolute atomic E-state index is 0.0468. The molecule has 7 rings (SSSR count). The molecule has 0 aromatic heterocycles. The second-order valence-electron chi connectivity index (χ2n) is 25.0. The molecular formula is C63H98O25. The predicted molar refractivity (Wildman–Crippen MR) is 312 cm³/mol. The van der Waals surface area contributed by atoms with Crippen molar-refractivity contribution in [3.05, 3.63) is 28.8 Å². The van der Waals surface area contributed by atoms with Gasteiger partial charge in [0.2, 0.25) is 6.29 Å². The van der Waals surface area contributed by atoms with Crippen LogP contribution >= 0.6 is 0 Å². The number of Topliss-reactive ketones (excluding diaryl/α,β-unsaturated/α-hetero) is 2. The van der Waals surface area contributed by atoms with Gasteiger partial charge in [0.15, 0.2) is 42.8 Å². The zero-order chi connectivity index (χ0) is 64.6. The number of aliphatic hydroxyl groups is 8. The Kier molecular flexibility index (Phi) is 25.8. The van der Waals surface area contributed by atoms with Crippen LogP contribution in [0, 0.1) is 12.8 Å². The SMILES string of the molecule is CCCCCCCCCC(=O)O[C@@H]1C(C)O[C@@H](O[C@@H]2C[C@H](Oc3cc4cc5c(c(O)c4c(O)c3C)C(=O)[C@@H](O[C@H]3C[C@@H](O[C@@H](CC)OC(C)[C@H](O)CO[C@H]4C[C@](C)(O)[C@H](O)C(C)O4)[C@H](O)C(C)O3)[C@H]([C@H](OC)C(=O)[C@@H](O)[C@@H](C)O)C5)OC(C)[C@H]2O)C[C@H]1O. The van der Waals surface area contributed by atoms with E-state index in [2.05, 4.69) is 6.92 Å². The first-order valence-electron chi connectivity index (χ1n) is 31.4. The molecular weight excluding hydrogens is 1160 g/mol. The number of aromatic hydroxyl groups is 2. The molecule has 4 heterocycles. The highest BCUT2D eigenvalue weighted by molar-refractivity contribution is 6.11. The number of carbonyl (C=O) groups is 3. The van der Waals surface area contributed by atoms with Crippen LogP contribution in [0.5, 0.6) is 17.2 Å². The van der Waals surface area contributed by atoms with Gasteiger partial charge in [-0.05, 0) is 97.7 Å². The van der Waals surface area contributed by atoms with Gasteiger partial charge in [-0.2, -0.15) is 0 Å². The topological polar surface area (TPSA) is 364 Å². The Morgan fingerprint density at radius 1 is 0.773 bits per heavy atom. The molecule has 500 valence electrons. The number of phenolic OH excluding ortho intramolecular Hbond substituents is 2. The summed E-state index contributed by atoms with van der Waals surface area (Å²) in [6.45, 7) is 15.9. The molecule has 10 N–H and O–H groups in total. The average Bonchev–Trinajstić information content (AvgIpc) is 0.772. The zero-order valence-corrected chi connectivity index (χ0v) is 52.6. The van der Waals surface area contributed by atoms with Crippen molar-refractivity contribution < 1.29 is 122 Å². The Bertz CT molecular complexity index is 2590. The van der Waals surface area contributed by atoms with Gasteiger partial charge in [0.25, 0.3) is 0 Å². The smallest absolute Gasteiger partial charge is 0.306 e. The van der Waals surface area contributed by atoms with Gasteiger partial charge < -0.3 is 108 Å². The van der Waals surface area contributed by atoms with Crippen LogP contribution in [0.15, 0.2) is 12.1 Å². The van der Waals surface area contributed by atoms with E-state index in [-0.39, 0.29) is 84.8 Å². The van der Waals surface area contributed by atoms with Gasteiger partial charge in [-0.25, -0.2) is 0 Å². The number of methoxy groups -OCH3 is 1. The summed E-state index contributed by atoms with van der Waals surface area (Å²) in [6.07, 6.45) is -18.0. The summed E-state index contributed by atoms with van der Waals surface area (Å²) in [6, 6.07) is 3.05. The molecule has 5 aliphatic rings. The van der Waals surface area contributed by atoms with Crippen molar-refractivity contribution in [1.29, 1.82) is 0 Å². The lowest BCUT2D eigenvalue weighted by Gasteiger charge is -2.43. The van der Waals surface area contributed by atoms with E-state index in [0.29, 0.717) is 6.42 Å². The molecule has 0 amide bonds. The molecule has 2 aromatic rings. The van der Waals surface area contributed by atoms with Crippen molar-refractivity contribution in [2.24, 2.45) is 5.92 Å². The van der Waals surface area contributed by atoms with Crippen molar-refractivity contribution in [1.82, 2.24) is 0 Å². The minimum atomic E-state index is -1.95. The normalized spacial score (nSPS) is 34.9. The summed E-state index contributed by atoms with van der Waals surface area (Å²) in [5.41, 5.74) is -1.42. The Balaban J connectivity index is 1.05. The Hall–Kier alpha value is -3.81. The number of ketones is 2. The molecule has 0 spiro atoms. The number of hydrogen-bond donors (Lipinski definition) is 10. The first kappa shape index (κ1) is 71.6. The van der Waals surface area contributed by atoms with Gasteiger partial charge >= 0.3 is 5.97 Å². The van der Waals surface area contributed by atoms with E-state index in [9.17, 15) is 60.7 Å². The third kappa shape index (κ3) is 17.3. The number of rotatable bonds is 29. The maximum absolute atomic E-state index is 15.1. The molecule has 0 radical (unpaired) electrons. The van der Waals surface area contributed by atoms with E-state index in [1.807, 2.05) is 0 Å². The first-order chi connectivity index (χ1) is 41.6. The maximum atomic E-state index is 15.1. The standard InChI is InChI=1S/C63H98O25/c1-12-14-15-16-17-18-19-20-44(67)87-59-34(8)82-46(24-39(59)65)86-43-25-47(80-32(6)55(43)71)84-41-23-37-21-36-22-38(60(77-11)58(74)53(69)30(4)64)61(57(73)51(36)56(72)50(37)52(68)29(41)3)88-48-26-42(54(70)33(7)81-48)85-45(13-2)79-31(5)40(66)28-78-49-27-63(10,76)62(75)35(9)83-49/h21,23,30-35,38-40,42-43,45-49,53-55,59-62,64-66,68-72,75-76H,12-20,22,24-28H2,1-11H3/t30-,31?,32?,33?,34?,35?,38+,39-,40-,42-,43-,45+,46+,47+,48+,49-,53+,54-,55-,59-,60+,61+,62-,63+/m1/s1. The second kappa shape index (κ2) is 31.7. The molecule has 2 aromatic carbocycles. The lowest BCUT2D eigenvalue weighted by Crippen LogP contribution is -2.55. The summed E-state index contributed by atoms with van der Waals surface area (Å²) < 4.78 is 72.5. The van der Waals surface area contributed by atoms with Crippen LogP contribution in [0.1, 0.15) is 167 Å². The lowest BCUT2D eigenvalue weighted by atomic mass is 9.75. The third-order valence-corrected chi connectivity index (χ3v) is 17.8. The van der Waals surface area contributed by atoms with E-state index < -0.39 is 176 Å². The van der Waals surface area contributed by atoms with Crippen LogP contribution in [0.3, 0.4) is 0 Å². The van der Waals surface area contributed by atoms with Crippen LogP contribution in [0.25, 0.3) is 10.8 Å². The van der Waals surface area contributed by atoms with E-state index in [1.54, 1.807) is 41.5 Å². The van der Waals surface area contributed by atoms with Gasteiger partial charge in [0, 0.05) is 50.7 Å². The molecule has 4 aliphatic heterocycles. The van der Waals surface area contributed by atoms with Crippen molar-refractivity contribution in [2.45, 2.75) is 300 Å². The number of carbonyl (C=O) groups excluding carboxylic acids is 3. The fourth-order valence-corrected chi connectivity index (χ4v) is 12.4. The number of phenols is 2. The fourth-order valence-electron chi connectivity index (χ4n) is 12.4. The highest BCUT2D eigenvalue weighted by Gasteiger charge is 2.51. The Labute approximate surface area is 514 Å². The van der Waals surface area contributed by atoms with Crippen molar-refractivity contribution >= 4 is 28.3 Å². The molecule has 25 heteroatoms. The van der Waals surface area contributed by atoms with Crippen LogP contribution in [0.4, 0.5) is 0 Å². The number of esters is 1. The number of unbranched alkanes of at least 4 members (excludes halogenated alkanes) is 6. The van der Waals surface area contributed by atoms with E-state index >= 15 is 4.79 Å². The summed E-state index contributed by atoms with van der Waals surface area (Å²) in [4.78, 5) is 41.8.